The summed E-state index contributed by atoms with van der Waals surface area (Å²) in [5.41, 5.74) is -0.0925. The second-order valence-electron chi connectivity index (χ2n) is 4.38. The number of hydrogen-bond acceptors (Lipinski definition) is 4. The SMILES string of the molecule is COCCC(C)(O)c1ccc2c(c1)OCCO2. The highest BCUT2D eigenvalue weighted by molar-refractivity contribution is 5.45. The van der Waals surface area contributed by atoms with E-state index in [9.17, 15) is 5.11 Å². The first-order valence-corrected chi connectivity index (χ1v) is 5.75. The molecule has 0 radical (unpaired) electrons. The highest BCUT2D eigenvalue weighted by Crippen LogP contribution is 2.35. The van der Waals surface area contributed by atoms with Gasteiger partial charge in [0.05, 0.1) is 5.60 Å². The van der Waals surface area contributed by atoms with E-state index >= 15 is 0 Å². The lowest BCUT2D eigenvalue weighted by Crippen LogP contribution is -2.24. The molecule has 2 rings (SSSR count). The van der Waals surface area contributed by atoms with Gasteiger partial charge in [-0.05, 0) is 24.6 Å². The fourth-order valence-corrected chi connectivity index (χ4v) is 1.82. The second kappa shape index (κ2) is 4.94. The topological polar surface area (TPSA) is 47.9 Å². The van der Waals surface area contributed by atoms with Crippen LogP contribution in [0.25, 0.3) is 0 Å². The van der Waals surface area contributed by atoms with Crippen LogP contribution in [0.5, 0.6) is 11.5 Å². The Labute approximate surface area is 101 Å². The first kappa shape index (κ1) is 12.2. The lowest BCUT2D eigenvalue weighted by molar-refractivity contribution is 0.0206. The van der Waals surface area contributed by atoms with Crippen molar-refractivity contribution >= 4 is 0 Å². The summed E-state index contributed by atoms with van der Waals surface area (Å²) >= 11 is 0. The number of rotatable bonds is 4. The Kier molecular flexibility index (Phi) is 3.54. The molecule has 1 atom stereocenters. The van der Waals surface area contributed by atoms with Crippen molar-refractivity contribution in [3.8, 4) is 11.5 Å². The van der Waals surface area contributed by atoms with Gasteiger partial charge in [0.15, 0.2) is 11.5 Å². The van der Waals surface area contributed by atoms with Crippen molar-refractivity contribution in [2.45, 2.75) is 18.9 Å². The van der Waals surface area contributed by atoms with E-state index in [0.717, 1.165) is 11.3 Å². The molecule has 0 bridgehead atoms. The van der Waals surface area contributed by atoms with Gasteiger partial charge in [-0.1, -0.05) is 6.07 Å². The monoisotopic (exact) mass is 238 g/mol. The van der Waals surface area contributed by atoms with Gasteiger partial charge in [-0.3, -0.25) is 0 Å². The summed E-state index contributed by atoms with van der Waals surface area (Å²) in [5, 5.41) is 10.3. The third-order valence-corrected chi connectivity index (χ3v) is 2.96. The van der Waals surface area contributed by atoms with E-state index in [2.05, 4.69) is 0 Å². The predicted octanol–water partition coefficient (Wildman–Crippen LogP) is 1.70. The van der Waals surface area contributed by atoms with E-state index in [4.69, 9.17) is 14.2 Å². The molecular formula is C13H18O4. The summed E-state index contributed by atoms with van der Waals surface area (Å²) in [4.78, 5) is 0. The van der Waals surface area contributed by atoms with Gasteiger partial charge in [0.2, 0.25) is 0 Å². The first-order chi connectivity index (χ1) is 8.13. The number of aliphatic hydroxyl groups is 1. The number of hydrogen-bond donors (Lipinski definition) is 1. The number of methoxy groups -OCH3 is 1. The second-order valence-corrected chi connectivity index (χ2v) is 4.38. The van der Waals surface area contributed by atoms with Crippen LogP contribution in [0, 0.1) is 0 Å². The largest absolute Gasteiger partial charge is 0.486 e. The van der Waals surface area contributed by atoms with Crippen molar-refractivity contribution in [1.82, 2.24) is 0 Å². The molecule has 0 amide bonds. The Bertz CT molecular complexity index is 387. The molecule has 1 N–H and O–H groups in total. The molecule has 0 saturated heterocycles. The smallest absolute Gasteiger partial charge is 0.161 e. The van der Waals surface area contributed by atoms with Crippen LogP contribution in [0.2, 0.25) is 0 Å². The molecule has 4 nitrogen and oxygen atoms in total. The van der Waals surface area contributed by atoms with E-state index in [1.54, 1.807) is 14.0 Å². The predicted molar refractivity (Wildman–Crippen MR) is 63.5 cm³/mol. The Morgan fingerprint density at radius 1 is 1.29 bits per heavy atom. The van der Waals surface area contributed by atoms with Gasteiger partial charge >= 0.3 is 0 Å². The van der Waals surface area contributed by atoms with E-state index in [1.165, 1.54) is 0 Å². The molecule has 0 aliphatic carbocycles. The van der Waals surface area contributed by atoms with E-state index in [1.807, 2.05) is 18.2 Å². The van der Waals surface area contributed by atoms with Crippen LogP contribution in [0.1, 0.15) is 18.9 Å². The van der Waals surface area contributed by atoms with Crippen LogP contribution in [0.3, 0.4) is 0 Å². The number of fused-ring (bicyclic) bond motifs is 1. The molecule has 1 aromatic carbocycles. The summed E-state index contributed by atoms with van der Waals surface area (Å²) in [6, 6.07) is 5.54. The maximum atomic E-state index is 10.3. The van der Waals surface area contributed by atoms with Gasteiger partial charge in [0.1, 0.15) is 13.2 Å². The molecule has 4 heteroatoms. The van der Waals surface area contributed by atoms with Crippen LogP contribution in [0.4, 0.5) is 0 Å². The maximum absolute atomic E-state index is 10.3. The van der Waals surface area contributed by atoms with E-state index < -0.39 is 5.60 Å². The van der Waals surface area contributed by atoms with Gasteiger partial charge in [0.25, 0.3) is 0 Å². The Hall–Kier alpha value is -1.26. The quantitative estimate of drug-likeness (QED) is 0.867. The Morgan fingerprint density at radius 2 is 2.00 bits per heavy atom. The molecule has 0 fully saturated rings. The molecule has 1 aliphatic rings. The van der Waals surface area contributed by atoms with Crippen LogP contribution < -0.4 is 9.47 Å². The van der Waals surface area contributed by atoms with Crippen LogP contribution in [0.15, 0.2) is 18.2 Å². The lowest BCUT2D eigenvalue weighted by Gasteiger charge is -2.26. The molecule has 1 heterocycles. The molecule has 0 spiro atoms. The summed E-state index contributed by atoms with van der Waals surface area (Å²) in [7, 11) is 1.62. The summed E-state index contributed by atoms with van der Waals surface area (Å²) in [6.07, 6.45) is 0.545. The van der Waals surface area contributed by atoms with Crippen molar-refractivity contribution in [3.63, 3.8) is 0 Å². The molecule has 0 aromatic heterocycles. The zero-order chi connectivity index (χ0) is 12.3. The van der Waals surface area contributed by atoms with Gasteiger partial charge < -0.3 is 19.3 Å². The molecule has 0 saturated carbocycles. The molecular weight excluding hydrogens is 220 g/mol. The van der Waals surface area contributed by atoms with E-state index in [-0.39, 0.29) is 0 Å². The third-order valence-electron chi connectivity index (χ3n) is 2.96. The average Bonchev–Trinajstić information content (AvgIpc) is 2.36. The summed E-state index contributed by atoms with van der Waals surface area (Å²) < 4.78 is 15.9. The zero-order valence-electron chi connectivity index (χ0n) is 10.2. The van der Waals surface area contributed by atoms with Crippen molar-refractivity contribution in [2.75, 3.05) is 26.9 Å². The molecule has 1 aliphatic heterocycles. The van der Waals surface area contributed by atoms with Crippen LogP contribution in [-0.2, 0) is 10.3 Å². The fraction of sp³-hybridized carbons (Fsp3) is 0.538. The first-order valence-electron chi connectivity index (χ1n) is 5.75. The van der Waals surface area contributed by atoms with Gasteiger partial charge in [-0.15, -0.1) is 0 Å². The van der Waals surface area contributed by atoms with E-state index in [0.29, 0.717) is 32.0 Å². The zero-order valence-corrected chi connectivity index (χ0v) is 10.2. The number of ether oxygens (including phenoxy) is 3. The van der Waals surface area contributed by atoms with Crippen molar-refractivity contribution < 1.29 is 19.3 Å². The third kappa shape index (κ3) is 2.70. The summed E-state index contributed by atoms with van der Waals surface area (Å²) in [6.45, 7) is 3.42. The Morgan fingerprint density at radius 3 is 2.71 bits per heavy atom. The highest BCUT2D eigenvalue weighted by Gasteiger charge is 2.25. The molecule has 1 aromatic rings. The number of benzene rings is 1. The standard InChI is InChI=1S/C13H18O4/c1-13(14,5-6-15-2)10-3-4-11-12(9-10)17-8-7-16-11/h3-4,9,14H,5-8H2,1-2H3. The highest BCUT2D eigenvalue weighted by atomic mass is 16.6. The average molecular weight is 238 g/mol. The Balaban J connectivity index is 2.20. The van der Waals surface area contributed by atoms with Crippen molar-refractivity contribution in [2.24, 2.45) is 0 Å². The van der Waals surface area contributed by atoms with Gasteiger partial charge in [-0.2, -0.15) is 0 Å². The summed E-state index contributed by atoms with van der Waals surface area (Å²) in [5.74, 6) is 1.44. The maximum Gasteiger partial charge on any atom is 0.161 e. The minimum atomic E-state index is -0.911. The van der Waals surface area contributed by atoms with Crippen LogP contribution >= 0.6 is 0 Å². The van der Waals surface area contributed by atoms with Crippen molar-refractivity contribution in [1.29, 1.82) is 0 Å². The normalized spacial score (nSPS) is 17.6. The van der Waals surface area contributed by atoms with Crippen molar-refractivity contribution in [3.05, 3.63) is 23.8 Å². The molecule has 94 valence electrons. The molecule has 17 heavy (non-hydrogen) atoms. The fourth-order valence-electron chi connectivity index (χ4n) is 1.82. The molecule has 1 unspecified atom stereocenters. The van der Waals surface area contributed by atoms with Gasteiger partial charge in [0, 0.05) is 20.1 Å². The van der Waals surface area contributed by atoms with Crippen LogP contribution in [-0.4, -0.2) is 32.0 Å². The minimum Gasteiger partial charge on any atom is -0.486 e. The lowest BCUT2D eigenvalue weighted by atomic mass is 9.92. The van der Waals surface area contributed by atoms with Gasteiger partial charge in [-0.25, -0.2) is 0 Å². The minimum absolute atomic E-state index is 0.515.